The molecule has 1 unspecified atom stereocenters. The molecule has 0 bridgehead atoms. The van der Waals surface area contributed by atoms with E-state index in [1.807, 2.05) is 4.90 Å². The first-order chi connectivity index (χ1) is 7.16. The zero-order chi connectivity index (χ0) is 10.8. The van der Waals surface area contributed by atoms with E-state index in [0.717, 1.165) is 13.0 Å². The zero-order valence-electron chi connectivity index (χ0n) is 8.06. The predicted octanol–water partition coefficient (Wildman–Crippen LogP) is 0.442. The van der Waals surface area contributed by atoms with E-state index in [0.29, 0.717) is 17.5 Å². The molecule has 1 amide bonds. The molecular weight excluding hydrogens is 216 g/mol. The zero-order valence-corrected chi connectivity index (χ0v) is 8.81. The number of anilines is 1. The van der Waals surface area contributed by atoms with Crippen LogP contribution in [0.15, 0.2) is 12.4 Å². The number of rotatable bonds is 2. The molecule has 15 heavy (non-hydrogen) atoms. The van der Waals surface area contributed by atoms with Crippen molar-refractivity contribution in [1.29, 1.82) is 0 Å². The highest BCUT2D eigenvalue weighted by Gasteiger charge is 2.27. The summed E-state index contributed by atoms with van der Waals surface area (Å²) in [5, 5.41) is 0.357. The second-order valence-corrected chi connectivity index (χ2v) is 3.92. The largest absolute Gasteiger partial charge is 0.369 e. The molecule has 0 aromatic carbocycles. The molecule has 2 heterocycles. The van der Waals surface area contributed by atoms with Gasteiger partial charge in [0.25, 0.3) is 0 Å². The molecule has 0 spiro atoms. The predicted molar refractivity (Wildman–Crippen MR) is 56.6 cm³/mol. The van der Waals surface area contributed by atoms with Crippen molar-refractivity contribution in [3.63, 3.8) is 0 Å². The number of primary amides is 1. The third kappa shape index (κ3) is 2.18. The van der Waals surface area contributed by atoms with Gasteiger partial charge in [0, 0.05) is 13.1 Å². The Morgan fingerprint density at radius 1 is 1.60 bits per heavy atom. The summed E-state index contributed by atoms with van der Waals surface area (Å²) in [5.41, 5.74) is 5.24. The molecule has 2 rings (SSSR count). The lowest BCUT2D eigenvalue weighted by atomic mass is 10.1. The Kier molecular flexibility index (Phi) is 2.73. The fourth-order valence-corrected chi connectivity index (χ4v) is 1.83. The van der Waals surface area contributed by atoms with Gasteiger partial charge in [0.05, 0.1) is 18.3 Å². The van der Waals surface area contributed by atoms with Crippen molar-refractivity contribution in [2.45, 2.75) is 6.42 Å². The quantitative estimate of drug-likeness (QED) is 0.795. The normalized spacial score (nSPS) is 20.6. The third-order valence-electron chi connectivity index (χ3n) is 2.51. The van der Waals surface area contributed by atoms with Crippen LogP contribution >= 0.6 is 11.6 Å². The van der Waals surface area contributed by atoms with Crippen molar-refractivity contribution in [2.24, 2.45) is 11.7 Å². The van der Waals surface area contributed by atoms with Crippen molar-refractivity contribution in [3.8, 4) is 0 Å². The third-order valence-corrected chi connectivity index (χ3v) is 2.69. The first kappa shape index (κ1) is 10.2. The summed E-state index contributed by atoms with van der Waals surface area (Å²) >= 11 is 5.73. The summed E-state index contributed by atoms with van der Waals surface area (Å²) in [6.45, 7) is 1.37. The number of aromatic nitrogens is 2. The molecule has 6 heteroatoms. The Balaban J connectivity index is 2.11. The lowest BCUT2D eigenvalue weighted by molar-refractivity contribution is -0.121. The Bertz CT molecular complexity index is 384. The van der Waals surface area contributed by atoms with Crippen LogP contribution in [0.3, 0.4) is 0 Å². The second-order valence-electron chi connectivity index (χ2n) is 3.53. The van der Waals surface area contributed by atoms with Crippen molar-refractivity contribution in [3.05, 3.63) is 17.5 Å². The first-order valence-corrected chi connectivity index (χ1v) is 5.06. The van der Waals surface area contributed by atoms with Gasteiger partial charge in [-0.25, -0.2) is 4.98 Å². The van der Waals surface area contributed by atoms with E-state index in [1.165, 1.54) is 6.20 Å². The second kappa shape index (κ2) is 4.02. The Hall–Kier alpha value is -1.36. The number of nitrogens with two attached hydrogens (primary N) is 1. The summed E-state index contributed by atoms with van der Waals surface area (Å²) in [4.78, 5) is 21.0. The Labute approximate surface area is 92.3 Å². The van der Waals surface area contributed by atoms with E-state index in [1.54, 1.807) is 6.20 Å². The highest BCUT2D eigenvalue weighted by Crippen LogP contribution is 2.22. The summed E-state index contributed by atoms with van der Waals surface area (Å²) in [6, 6.07) is 0. The van der Waals surface area contributed by atoms with Crippen molar-refractivity contribution < 1.29 is 4.79 Å². The van der Waals surface area contributed by atoms with Gasteiger partial charge in [0.15, 0.2) is 0 Å². The molecule has 0 aliphatic carbocycles. The molecule has 1 aliphatic rings. The SMILES string of the molecule is NC(=O)C1CCN(c2cncc(Cl)n2)C1. The maximum atomic E-state index is 11.0. The van der Waals surface area contributed by atoms with Crippen LogP contribution < -0.4 is 10.6 Å². The van der Waals surface area contributed by atoms with Crippen molar-refractivity contribution >= 4 is 23.3 Å². The van der Waals surface area contributed by atoms with Gasteiger partial charge in [0.1, 0.15) is 11.0 Å². The van der Waals surface area contributed by atoms with Crippen LogP contribution in [-0.4, -0.2) is 29.0 Å². The number of amides is 1. The fourth-order valence-electron chi connectivity index (χ4n) is 1.69. The van der Waals surface area contributed by atoms with Crippen LogP contribution in [-0.2, 0) is 4.79 Å². The summed E-state index contributed by atoms with van der Waals surface area (Å²) < 4.78 is 0. The lowest BCUT2D eigenvalue weighted by Crippen LogP contribution is -2.27. The first-order valence-electron chi connectivity index (χ1n) is 4.68. The minimum atomic E-state index is -0.257. The molecule has 1 atom stereocenters. The van der Waals surface area contributed by atoms with Gasteiger partial charge < -0.3 is 10.6 Å². The molecule has 1 fully saturated rings. The van der Waals surface area contributed by atoms with Gasteiger partial charge in [-0.05, 0) is 6.42 Å². The molecule has 1 aliphatic heterocycles. The number of carbonyl (C=O) groups is 1. The van der Waals surface area contributed by atoms with E-state index in [2.05, 4.69) is 9.97 Å². The molecular formula is C9H11ClN4O. The van der Waals surface area contributed by atoms with Gasteiger partial charge in [-0.1, -0.05) is 11.6 Å². The van der Waals surface area contributed by atoms with Crippen LogP contribution in [0, 0.1) is 5.92 Å². The summed E-state index contributed by atoms with van der Waals surface area (Å²) in [7, 11) is 0. The van der Waals surface area contributed by atoms with Gasteiger partial charge >= 0.3 is 0 Å². The maximum absolute atomic E-state index is 11.0. The molecule has 80 valence electrons. The van der Waals surface area contributed by atoms with E-state index < -0.39 is 0 Å². The topological polar surface area (TPSA) is 72.1 Å². The molecule has 1 saturated heterocycles. The molecule has 2 N–H and O–H groups in total. The van der Waals surface area contributed by atoms with E-state index in [4.69, 9.17) is 17.3 Å². The standard InChI is InChI=1S/C9H11ClN4O/c10-7-3-12-4-8(13-7)14-2-1-6(5-14)9(11)15/h3-4,6H,1-2,5H2,(H2,11,15). The van der Waals surface area contributed by atoms with Gasteiger partial charge in [-0.2, -0.15) is 0 Å². The monoisotopic (exact) mass is 226 g/mol. The minimum absolute atomic E-state index is 0.0919. The van der Waals surface area contributed by atoms with Crippen LogP contribution in [0.1, 0.15) is 6.42 Å². The highest BCUT2D eigenvalue weighted by atomic mass is 35.5. The Morgan fingerprint density at radius 2 is 2.40 bits per heavy atom. The number of halogens is 1. The number of carbonyl (C=O) groups excluding carboxylic acids is 1. The number of nitrogens with zero attached hydrogens (tertiary/aromatic N) is 3. The number of hydrogen-bond donors (Lipinski definition) is 1. The van der Waals surface area contributed by atoms with E-state index in [-0.39, 0.29) is 11.8 Å². The van der Waals surface area contributed by atoms with Crippen molar-refractivity contribution in [2.75, 3.05) is 18.0 Å². The minimum Gasteiger partial charge on any atom is -0.369 e. The van der Waals surface area contributed by atoms with Gasteiger partial charge in [-0.3, -0.25) is 9.78 Å². The van der Waals surface area contributed by atoms with Gasteiger partial charge in [-0.15, -0.1) is 0 Å². The van der Waals surface area contributed by atoms with Crippen molar-refractivity contribution in [1.82, 2.24) is 9.97 Å². The van der Waals surface area contributed by atoms with Crippen LogP contribution in [0.4, 0.5) is 5.82 Å². The highest BCUT2D eigenvalue weighted by molar-refractivity contribution is 6.29. The molecule has 0 radical (unpaired) electrons. The average Bonchev–Trinajstić information content (AvgIpc) is 2.66. The molecule has 1 aromatic heterocycles. The van der Waals surface area contributed by atoms with E-state index >= 15 is 0 Å². The lowest BCUT2D eigenvalue weighted by Gasteiger charge is -2.16. The van der Waals surface area contributed by atoms with Crippen LogP contribution in [0.5, 0.6) is 0 Å². The maximum Gasteiger partial charge on any atom is 0.222 e. The average molecular weight is 227 g/mol. The summed E-state index contributed by atoms with van der Waals surface area (Å²) in [5.74, 6) is 0.351. The molecule has 0 saturated carbocycles. The van der Waals surface area contributed by atoms with Gasteiger partial charge in [0.2, 0.25) is 5.91 Å². The molecule has 5 nitrogen and oxygen atoms in total. The van der Waals surface area contributed by atoms with Crippen LogP contribution in [0.2, 0.25) is 5.15 Å². The smallest absolute Gasteiger partial charge is 0.222 e. The number of hydrogen-bond acceptors (Lipinski definition) is 4. The van der Waals surface area contributed by atoms with E-state index in [9.17, 15) is 4.79 Å². The Morgan fingerprint density at radius 3 is 3.00 bits per heavy atom. The molecule has 1 aromatic rings. The summed E-state index contributed by atoms with van der Waals surface area (Å²) in [6.07, 6.45) is 3.88. The van der Waals surface area contributed by atoms with Crippen LogP contribution in [0.25, 0.3) is 0 Å². The fraction of sp³-hybridized carbons (Fsp3) is 0.444.